The Labute approximate surface area is 166 Å². The molecule has 2 aromatic heterocycles. The predicted molar refractivity (Wildman–Crippen MR) is 109 cm³/mol. The Morgan fingerprint density at radius 2 is 2.29 bits per heavy atom. The number of guanidine groups is 1. The summed E-state index contributed by atoms with van der Waals surface area (Å²) < 4.78 is 13.2. The molecule has 1 fully saturated rings. The van der Waals surface area contributed by atoms with Crippen LogP contribution in [0.2, 0.25) is 0 Å². The van der Waals surface area contributed by atoms with E-state index in [1.54, 1.807) is 13.2 Å². The highest BCUT2D eigenvalue weighted by molar-refractivity contribution is 5.79. The highest BCUT2D eigenvalue weighted by atomic mass is 16.5. The lowest BCUT2D eigenvalue weighted by atomic mass is 10.2. The molecular formula is C20H30N6O2. The summed E-state index contributed by atoms with van der Waals surface area (Å²) >= 11 is 0. The van der Waals surface area contributed by atoms with Gasteiger partial charge in [-0.1, -0.05) is 6.07 Å². The second kappa shape index (κ2) is 10.8. The van der Waals surface area contributed by atoms with E-state index >= 15 is 0 Å². The number of rotatable bonds is 9. The van der Waals surface area contributed by atoms with Gasteiger partial charge in [-0.05, 0) is 37.8 Å². The van der Waals surface area contributed by atoms with Gasteiger partial charge < -0.3 is 20.1 Å². The molecule has 152 valence electrons. The summed E-state index contributed by atoms with van der Waals surface area (Å²) in [6.45, 7) is 5.73. The van der Waals surface area contributed by atoms with Gasteiger partial charge in [0.1, 0.15) is 11.6 Å². The monoisotopic (exact) mass is 386 g/mol. The molecule has 1 atom stereocenters. The van der Waals surface area contributed by atoms with Crippen molar-refractivity contribution in [2.75, 3.05) is 33.4 Å². The van der Waals surface area contributed by atoms with Gasteiger partial charge in [-0.15, -0.1) is 0 Å². The third-order valence-corrected chi connectivity index (χ3v) is 4.65. The minimum atomic E-state index is 0.292. The zero-order valence-corrected chi connectivity index (χ0v) is 16.7. The molecule has 0 amide bonds. The van der Waals surface area contributed by atoms with Crippen LogP contribution in [0.1, 0.15) is 30.7 Å². The maximum atomic E-state index is 5.67. The second-order valence-electron chi connectivity index (χ2n) is 6.79. The Bertz CT molecular complexity index is 737. The van der Waals surface area contributed by atoms with Crippen LogP contribution in [0.5, 0.6) is 0 Å². The van der Waals surface area contributed by atoms with Crippen LogP contribution in [0.3, 0.4) is 0 Å². The number of hydrogen-bond donors (Lipinski definition) is 2. The lowest BCUT2D eigenvalue weighted by Crippen LogP contribution is -2.37. The normalized spacial score (nSPS) is 17.1. The molecule has 2 N–H and O–H groups in total. The van der Waals surface area contributed by atoms with Gasteiger partial charge >= 0.3 is 0 Å². The lowest BCUT2D eigenvalue weighted by Gasteiger charge is -2.13. The van der Waals surface area contributed by atoms with Crippen LogP contribution in [-0.2, 0) is 16.0 Å². The van der Waals surface area contributed by atoms with Crippen molar-refractivity contribution in [3.63, 3.8) is 0 Å². The average Bonchev–Trinajstić information content (AvgIpc) is 3.39. The fraction of sp³-hybridized carbons (Fsp3) is 0.550. The lowest BCUT2D eigenvalue weighted by molar-refractivity contribution is 0.0168. The first kappa shape index (κ1) is 20.3. The number of hydrogen-bond acceptors (Lipinski definition) is 5. The van der Waals surface area contributed by atoms with Gasteiger partial charge in [0.15, 0.2) is 5.96 Å². The van der Waals surface area contributed by atoms with Gasteiger partial charge in [0, 0.05) is 51.9 Å². The first-order valence-electron chi connectivity index (χ1n) is 9.85. The highest BCUT2D eigenvalue weighted by Gasteiger charge is 2.14. The van der Waals surface area contributed by atoms with E-state index in [0.29, 0.717) is 19.3 Å². The fourth-order valence-corrected chi connectivity index (χ4v) is 3.06. The molecule has 0 bridgehead atoms. The van der Waals surface area contributed by atoms with Gasteiger partial charge in [0.25, 0.3) is 0 Å². The Morgan fingerprint density at radius 3 is 2.96 bits per heavy atom. The molecule has 0 saturated carbocycles. The first-order valence-corrected chi connectivity index (χ1v) is 9.85. The van der Waals surface area contributed by atoms with Crippen molar-refractivity contribution < 1.29 is 9.47 Å². The quantitative estimate of drug-likeness (QED) is 0.388. The SMILES string of the molecule is CN=C(NCCCOCC1CCCO1)NCc1ccc(-n2ccnc2C)nc1. The van der Waals surface area contributed by atoms with Gasteiger partial charge in [-0.2, -0.15) is 0 Å². The van der Waals surface area contributed by atoms with Gasteiger partial charge in [-0.25, -0.2) is 9.97 Å². The highest BCUT2D eigenvalue weighted by Crippen LogP contribution is 2.12. The molecular weight excluding hydrogens is 356 g/mol. The summed E-state index contributed by atoms with van der Waals surface area (Å²) in [7, 11) is 1.77. The van der Waals surface area contributed by atoms with Crippen LogP contribution in [0.15, 0.2) is 35.7 Å². The molecule has 1 unspecified atom stereocenters. The Hall–Kier alpha value is -2.45. The molecule has 1 aliphatic rings. The van der Waals surface area contributed by atoms with Crippen LogP contribution in [0.4, 0.5) is 0 Å². The number of aryl methyl sites for hydroxylation is 1. The molecule has 3 rings (SSSR count). The van der Waals surface area contributed by atoms with Crippen LogP contribution in [0, 0.1) is 6.92 Å². The minimum absolute atomic E-state index is 0.292. The van der Waals surface area contributed by atoms with E-state index in [2.05, 4.69) is 31.7 Å². The summed E-state index contributed by atoms with van der Waals surface area (Å²) in [6.07, 6.45) is 9.04. The molecule has 0 spiro atoms. The van der Waals surface area contributed by atoms with Crippen molar-refractivity contribution in [2.45, 2.75) is 38.8 Å². The first-order chi connectivity index (χ1) is 13.8. The van der Waals surface area contributed by atoms with E-state index < -0.39 is 0 Å². The number of nitrogens with one attached hydrogen (secondary N) is 2. The zero-order valence-electron chi connectivity index (χ0n) is 16.7. The van der Waals surface area contributed by atoms with E-state index in [-0.39, 0.29) is 0 Å². The van der Waals surface area contributed by atoms with Crippen LogP contribution in [0.25, 0.3) is 5.82 Å². The van der Waals surface area contributed by atoms with Gasteiger partial charge in [-0.3, -0.25) is 9.56 Å². The maximum absolute atomic E-state index is 5.67. The number of imidazole rings is 1. The maximum Gasteiger partial charge on any atom is 0.191 e. The van der Waals surface area contributed by atoms with Gasteiger partial charge in [0.05, 0.1) is 12.7 Å². The predicted octanol–water partition coefficient (Wildman–Crippen LogP) is 1.83. The molecule has 28 heavy (non-hydrogen) atoms. The van der Waals surface area contributed by atoms with E-state index in [1.807, 2.05) is 30.0 Å². The topological polar surface area (TPSA) is 85.6 Å². The smallest absolute Gasteiger partial charge is 0.191 e. The summed E-state index contributed by atoms with van der Waals surface area (Å²) in [4.78, 5) is 13.0. The Kier molecular flexibility index (Phi) is 7.81. The van der Waals surface area contributed by atoms with Crippen LogP contribution in [-0.4, -0.2) is 60.0 Å². The number of pyridine rings is 1. The Balaban J connectivity index is 1.33. The van der Waals surface area contributed by atoms with E-state index in [9.17, 15) is 0 Å². The molecule has 0 radical (unpaired) electrons. The average molecular weight is 387 g/mol. The molecule has 1 aliphatic heterocycles. The van der Waals surface area contributed by atoms with Crippen molar-refractivity contribution in [1.29, 1.82) is 0 Å². The largest absolute Gasteiger partial charge is 0.379 e. The van der Waals surface area contributed by atoms with Crippen LogP contribution >= 0.6 is 0 Å². The van der Waals surface area contributed by atoms with Crippen molar-refractivity contribution in [3.8, 4) is 5.82 Å². The number of aromatic nitrogens is 3. The van der Waals surface area contributed by atoms with E-state index in [1.165, 1.54) is 0 Å². The summed E-state index contributed by atoms with van der Waals surface area (Å²) in [6, 6.07) is 4.05. The van der Waals surface area contributed by atoms with E-state index in [0.717, 1.165) is 62.2 Å². The summed E-state index contributed by atoms with van der Waals surface area (Å²) in [5.41, 5.74) is 1.09. The molecule has 2 aromatic rings. The zero-order chi connectivity index (χ0) is 19.6. The third kappa shape index (κ3) is 6.03. The minimum Gasteiger partial charge on any atom is -0.379 e. The van der Waals surface area contributed by atoms with Crippen molar-refractivity contribution in [2.24, 2.45) is 4.99 Å². The molecule has 1 saturated heterocycles. The van der Waals surface area contributed by atoms with Gasteiger partial charge in [0.2, 0.25) is 0 Å². The number of ether oxygens (including phenoxy) is 2. The van der Waals surface area contributed by atoms with Crippen molar-refractivity contribution >= 4 is 5.96 Å². The molecule has 8 nitrogen and oxygen atoms in total. The second-order valence-corrected chi connectivity index (χ2v) is 6.79. The third-order valence-electron chi connectivity index (χ3n) is 4.65. The Morgan fingerprint density at radius 1 is 1.36 bits per heavy atom. The fourth-order valence-electron chi connectivity index (χ4n) is 3.06. The van der Waals surface area contributed by atoms with E-state index in [4.69, 9.17) is 9.47 Å². The van der Waals surface area contributed by atoms with Crippen molar-refractivity contribution in [1.82, 2.24) is 25.2 Å². The molecule has 8 heteroatoms. The van der Waals surface area contributed by atoms with Crippen LogP contribution < -0.4 is 10.6 Å². The summed E-state index contributed by atoms with van der Waals surface area (Å²) in [5, 5.41) is 6.61. The number of nitrogens with zero attached hydrogens (tertiary/aromatic N) is 4. The molecule has 0 aliphatic carbocycles. The molecule has 0 aromatic carbocycles. The van der Waals surface area contributed by atoms with Crippen molar-refractivity contribution in [3.05, 3.63) is 42.1 Å². The standard InChI is InChI=1S/C20H30N6O2/c1-16-22-9-10-26(16)19-7-6-17(13-24-19)14-25-20(21-2)23-8-4-11-27-15-18-5-3-12-28-18/h6-7,9-10,13,18H,3-5,8,11-12,14-15H2,1-2H3,(H2,21,23,25). The molecule has 3 heterocycles. The number of aliphatic imine (C=N–C) groups is 1. The summed E-state index contributed by atoms with van der Waals surface area (Å²) in [5.74, 6) is 2.56.